The van der Waals surface area contributed by atoms with Gasteiger partial charge in [-0.3, -0.25) is 4.79 Å². The Kier molecular flexibility index (Phi) is 4.31. The summed E-state index contributed by atoms with van der Waals surface area (Å²) in [6.07, 6.45) is 2.63. The fraction of sp³-hybridized carbons (Fsp3) is 0.500. The van der Waals surface area contributed by atoms with Crippen molar-refractivity contribution in [2.45, 2.75) is 26.2 Å². The molecular weight excluding hydrogens is 231 g/mol. The van der Waals surface area contributed by atoms with E-state index in [1.165, 1.54) is 6.07 Å². The highest BCUT2D eigenvalue weighted by molar-refractivity contribution is 5.91. The molecule has 18 heavy (non-hydrogen) atoms. The summed E-state index contributed by atoms with van der Waals surface area (Å²) in [5.41, 5.74) is 1.12. The minimum absolute atomic E-state index is 0.105. The maximum absolute atomic E-state index is 13.6. The number of rotatable bonds is 3. The second-order valence-electron chi connectivity index (χ2n) is 4.95. The van der Waals surface area contributed by atoms with Gasteiger partial charge in [0, 0.05) is 6.42 Å². The Hall–Kier alpha value is -1.42. The normalized spacial score (nSPS) is 19.6. The summed E-state index contributed by atoms with van der Waals surface area (Å²) in [6.45, 7) is 3.73. The summed E-state index contributed by atoms with van der Waals surface area (Å²) in [6, 6.07) is 4.83. The maximum Gasteiger partial charge on any atom is 0.224 e. The third-order valence-corrected chi connectivity index (χ3v) is 3.27. The van der Waals surface area contributed by atoms with Gasteiger partial charge in [-0.25, -0.2) is 4.39 Å². The number of carbonyl (C=O) groups is 1. The maximum atomic E-state index is 13.6. The Labute approximate surface area is 107 Å². The van der Waals surface area contributed by atoms with Crippen molar-refractivity contribution in [3.05, 3.63) is 29.6 Å². The number of hydrogen-bond acceptors (Lipinski definition) is 2. The highest BCUT2D eigenvalue weighted by atomic mass is 19.1. The van der Waals surface area contributed by atoms with Crippen molar-refractivity contribution in [3.8, 4) is 0 Å². The molecule has 1 atom stereocenters. The second kappa shape index (κ2) is 5.96. The number of anilines is 1. The first-order chi connectivity index (χ1) is 8.65. The summed E-state index contributed by atoms with van der Waals surface area (Å²) in [7, 11) is 0. The van der Waals surface area contributed by atoms with Crippen LogP contribution in [0.3, 0.4) is 0 Å². The number of aryl methyl sites for hydroxylation is 1. The first-order valence-corrected chi connectivity index (χ1v) is 6.42. The standard InChI is InChI=1S/C14H19FN2O/c1-10-4-5-13(12(15)7-10)17-14(18)8-11-3-2-6-16-9-11/h4-5,7,11,16H,2-3,6,8-9H2,1H3,(H,17,18). The van der Waals surface area contributed by atoms with Gasteiger partial charge in [-0.15, -0.1) is 0 Å². The first-order valence-electron chi connectivity index (χ1n) is 6.42. The molecular formula is C14H19FN2O. The van der Waals surface area contributed by atoms with Gasteiger partial charge >= 0.3 is 0 Å². The van der Waals surface area contributed by atoms with Crippen LogP contribution in [-0.4, -0.2) is 19.0 Å². The lowest BCUT2D eigenvalue weighted by Gasteiger charge is -2.22. The van der Waals surface area contributed by atoms with Gasteiger partial charge < -0.3 is 10.6 Å². The van der Waals surface area contributed by atoms with Crippen molar-refractivity contribution in [1.82, 2.24) is 5.32 Å². The highest BCUT2D eigenvalue weighted by Gasteiger charge is 2.17. The van der Waals surface area contributed by atoms with Gasteiger partial charge in [0.25, 0.3) is 0 Å². The molecule has 1 saturated heterocycles. The summed E-state index contributed by atoms with van der Waals surface area (Å²) in [4.78, 5) is 11.8. The Morgan fingerprint density at radius 1 is 1.56 bits per heavy atom. The number of nitrogens with one attached hydrogen (secondary N) is 2. The van der Waals surface area contributed by atoms with Crippen molar-refractivity contribution in [2.24, 2.45) is 5.92 Å². The van der Waals surface area contributed by atoms with E-state index in [1.54, 1.807) is 12.1 Å². The lowest BCUT2D eigenvalue weighted by molar-refractivity contribution is -0.117. The van der Waals surface area contributed by atoms with Crippen LogP contribution in [0.5, 0.6) is 0 Å². The van der Waals surface area contributed by atoms with E-state index in [4.69, 9.17) is 0 Å². The monoisotopic (exact) mass is 250 g/mol. The van der Waals surface area contributed by atoms with Crippen LogP contribution in [0.4, 0.5) is 10.1 Å². The third kappa shape index (κ3) is 3.53. The van der Waals surface area contributed by atoms with Gasteiger partial charge in [0.15, 0.2) is 0 Å². The van der Waals surface area contributed by atoms with Crippen LogP contribution in [0.25, 0.3) is 0 Å². The van der Waals surface area contributed by atoms with Crippen LogP contribution < -0.4 is 10.6 Å². The average molecular weight is 250 g/mol. The molecule has 98 valence electrons. The molecule has 0 aliphatic carbocycles. The van der Waals surface area contributed by atoms with E-state index in [0.717, 1.165) is 31.5 Å². The van der Waals surface area contributed by atoms with E-state index >= 15 is 0 Å². The average Bonchev–Trinajstić information content (AvgIpc) is 2.34. The SMILES string of the molecule is Cc1ccc(NC(=O)CC2CCCNC2)c(F)c1. The summed E-state index contributed by atoms with van der Waals surface area (Å²) in [5, 5.41) is 5.91. The first kappa shape index (κ1) is 13.0. The summed E-state index contributed by atoms with van der Waals surface area (Å²) >= 11 is 0. The minimum atomic E-state index is -0.370. The number of halogens is 1. The van der Waals surface area contributed by atoms with E-state index in [1.807, 2.05) is 6.92 Å². The van der Waals surface area contributed by atoms with Crippen molar-refractivity contribution < 1.29 is 9.18 Å². The zero-order valence-electron chi connectivity index (χ0n) is 10.6. The fourth-order valence-electron chi connectivity index (χ4n) is 2.28. The van der Waals surface area contributed by atoms with Crippen molar-refractivity contribution in [3.63, 3.8) is 0 Å². The Balaban J connectivity index is 1.90. The Morgan fingerprint density at radius 2 is 2.39 bits per heavy atom. The molecule has 0 spiro atoms. The van der Waals surface area contributed by atoms with Gasteiger partial charge in [-0.2, -0.15) is 0 Å². The number of hydrogen-bond donors (Lipinski definition) is 2. The van der Waals surface area contributed by atoms with Gasteiger partial charge in [0.05, 0.1) is 5.69 Å². The predicted octanol–water partition coefficient (Wildman–Crippen LogP) is 2.46. The van der Waals surface area contributed by atoms with E-state index < -0.39 is 0 Å². The number of carbonyl (C=O) groups excluding carboxylic acids is 1. The van der Waals surface area contributed by atoms with Gasteiger partial charge in [-0.1, -0.05) is 6.07 Å². The smallest absolute Gasteiger partial charge is 0.224 e. The molecule has 1 fully saturated rings. The van der Waals surface area contributed by atoms with Crippen LogP contribution in [0, 0.1) is 18.7 Å². The Bertz CT molecular complexity index is 428. The van der Waals surface area contributed by atoms with Gasteiger partial charge in [0.2, 0.25) is 5.91 Å². The van der Waals surface area contributed by atoms with Crippen LogP contribution in [0.1, 0.15) is 24.8 Å². The molecule has 0 saturated carbocycles. The largest absolute Gasteiger partial charge is 0.324 e. The lowest BCUT2D eigenvalue weighted by Crippen LogP contribution is -2.32. The number of amides is 1. The molecule has 1 aromatic rings. The van der Waals surface area contributed by atoms with Crippen LogP contribution in [0.15, 0.2) is 18.2 Å². The van der Waals surface area contributed by atoms with E-state index in [2.05, 4.69) is 10.6 Å². The van der Waals surface area contributed by atoms with Crippen LogP contribution in [-0.2, 0) is 4.79 Å². The molecule has 2 rings (SSSR count). The molecule has 1 unspecified atom stereocenters. The quantitative estimate of drug-likeness (QED) is 0.865. The summed E-state index contributed by atoms with van der Waals surface area (Å²) < 4.78 is 13.6. The molecule has 3 nitrogen and oxygen atoms in total. The molecule has 0 aromatic heterocycles. The van der Waals surface area contributed by atoms with Crippen LogP contribution in [0.2, 0.25) is 0 Å². The molecule has 0 radical (unpaired) electrons. The Morgan fingerprint density at radius 3 is 3.06 bits per heavy atom. The molecule has 2 N–H and O–H groups in total. The zero-order valence-corrected chi connectivity index (χ0v) is 10.6. The second-order valence-corrected chi connectivity index (χ2v) is 4.95. The van der Waals surface area contributed by atoms with Crippen LogP contribution >= 0.6 is 0 Å². The van der Waals surface area contributed by atoms with Gasteiger partial charge in [-0.05, 0) is 56.5 Å². The molecule has 1 aliphatic heterocycles. The molecule has 4 heteroatoms. The summed E-state index contributed by atoms with van der Waals surface area (Å²) in [5.74, 6) is -0.108. The van der Waals surface area contributed by atoms with Crippen molar-refractivity contribution >= 4 is 11.6 Å². The molecule has 1 aromatic carbocycles. The van der Waals surface area contributed by atoms with Crippen molar-refractivity contribution in [2.75, 3.05) is 18.4 Å². The van der Waals surface area contributed by atoms with Gasteiger partial charge in [0.1, 0.15) is 5.82 Å². The van der Waals surface area contributed by atoms with E-state index in [0.29, 0.717) is 12.3 Å². The fourth-order valence-corrected chi connectivity index (χ4v) is 2.28. The number of benzene rings is 1. The third-order valence-electron chi connectivity index (χ3n) is 3.27. The predicted molar refractivity (Wildman–Crippen MR) is 70.0 cm³/mol. The zero-order chi connectivity index (χ0) is 13.0. The molecule has 0 bridgehead atoms. The molecule has 1 heterocycles. The highest BCUT2D eigenvalue weighted by Crippen LogP contribution is 2.18. The molecule has 1 amide bonds. The minimum Gasteiger partial charge on any atom is -0.324 e. The molecule has 1 aliphatic rings. The van der Waals surface area contributed by atoms with E-state index in [9.17, 15) is 9.18 Å². The topological polar surface area (TPSA) is 41.1 Å². The van der Waals surface area contributed by atoms with Crippen molar-refractivity contribution in [1.29, 1.82) is 0 Å². The number of piperidine rings is 1. The lowest BCUT2D eigenvalue weighted by atomic mass is 9.96. The van der Waals surface area contributed by atoms with E-state index in [-0.39, 0.29) is 17.4 Å².